The molecule has 0 atom stereocenters. The Morgan fingerprint density at radius 3 is 1.62 bits per heavy atom. The van der Waals surface area contributed by atoms with Gasteiger partial charge in [0, 0.05) is 23.9 Å². The van der Waals surface area contributed by atoms with Gasteiger partial charge in [0.05, 0.1) is 12.0 Å². The molecule has 5 N–H and O–H groups in total. The fraction of sp³-hybridized carbons (Fsp3) is 0.867. The van der Waals surface area contributed by atoms with Crippen LogP contribution in [0.5, 0.6) is 0 Å². The zero-order valence-corrected chi connectivity index (χ0v) is 25.9. The molecule has 3 fully saturated rings. The average Bonchev–Trinajstić information content (AvgIpc) is 2.77. The fourth-order valence-corrected chi connectivity index (χ4v) is 10.3. The molecule has 3 aliphatic rings. The molecule has 3 amide bonds. The predicted molar refractivity (Wildman–Crippen MR) is 149 cm³/mol. The van der Waals surface area contributed by atoms with Crippen LogP contribution in [0.15, 0.2) is 0 Å². The number of nitrogens with zero attached hydrogens (tertiary/aromatic N) is 2. The molecule has 10 heteroatoms. The van der Waals surface area contributed by atoms with Crippen molar-refractivity contribution in [3.63, 3.8) is 0 Å². The van der Waals surface area contributed by atoms with Gasteiger partial charge in [-0.05, 0) is 92.4 Å². The molecule has 2 heterocycles. The van der Waals surface area contributed by atoms with Gasteiger partial charge in [0.2, 0.25) is 5.91 Å². The number of nitrogens with two attached hydrogens (primary N) is 2. The van der Waals surface area contributed by atoms with Gasteiger partial charge < -0.3 is 26.5 Å². The second-order valence-electron chi connectivity index (χ2n) is 15.6. The summed E-state index contributed by atoms with van der Waals surface area (Å²) in [4.78, 5) is 53.2. The van der Waals surface area contributed by atoms with E-state index in [1.807, 2.05) is 0 Å². The van der Waals surface area contributed by atoms with Crippen LogP contribution >= 0.6 is 0 Å². The van der Waals surface area contributed by atoms with E-state index in [1.165, 1.54) is 0 Å². The second kappa shape index (κ2) is 9.96. The van der Waals surface area contributed by atoms with Crippen LogP contribution in [0.25, 0.3) is 0 Å². The summed E-state index contributed by atoms with van der Waals surface area (Å²) < 4.78 is -0.714. The highest BCUT2D eigenvalue weighted by molar-refractivity contribution is 5.79. The Morgan fingerprint density at radius 1 is 0.825 bits per heavy atom. The minimum Gasteiger partial charge on any atom is -0.498 e. The van der Waals surface area contributed by atoms with Gasteiger partial charge in [-0.25, -0.2) is 0 Å². The maximum Gasteiger partial charge on any atom is 0.310 e. The first kappa shape index (κ1) is 32.3. The standard InChI is InChI=1S/C30H52N4O6/c1-25(2)14-20(15-26(3,4)33(25)16-21(31)35)29(12-10-9-11-13-29)30(23(37)38)18-27(5,6)34(24(39)40,17-22(32)36)28(7,8)19-30/h20H,9-19H2,1-8H3,(H5-,31,32,35,36,37,38,39,40). The molecule has 0 spiro atoms. The van der Waals surface area contributed by atoms with E-state index in [4.69, 9.17) is 11.5 Å². The first-order valence-corrected chi connectivity index (χ1v) is 14.7. The normalized spacial score (nSPS) is 33.1. The molecule has 40 heavy (non-hydrogen) atoms. The third-order valence-corrected chi connectivity index (χ3v) is 11.4. The van der Waals surface area contributed by atoms with Crippen molar-refractivity contribution >= 4 is 23.9 Å². The molecule has 0 unspecified atom stereocenters. The Kier molecular flexibility index (Phi) is 8.05. The van der Waals surface area contributed by atoms with Gasteiger partial charge in [-0.2, -0.15) is 0 Å². The number of primary amides is 2. The fourth-order valence-electron chi connectivity index (χ4n) is 10.3. The molecule has 1 aliphatic carbocycles. The van der Waals surface area contributed by atoms with Crippen LogP contribution < -0.4 is 16.6 Å². The maximum atomic E-state index is 13.8. The lowest BCUT2D eigenvalue weighted by atomic mass is 9.42. The highest BCUT2D eigenvalue weighted by Gasteiger charge is 2.73. The number of carboxylic acid groups (broad SMARTS) is 2. The minimum absolute atomic E-state index is 0.0173. The van der Waals surface area contributed by atoms with Crippen molar-refractivity contribution in [1.29, 1.82) is 0 Å². The number of quaternary nitrogens is 1. The van der Waals surface area contributed by atoms with Gasteiger partial charge in [-0.15, -0.1) is 0 Å². The monoisotopic (exact) mass is 564 g/mol. The largest absolute Gasteiger partial charge is 0.498 e. The van der Waals surface area contributed by atoms with Crippen molar-refractivity contribution in [2.45, 2.75) is 135 Å². The first-order valence-electron chi connectivity index (χ1n) is 14.7. The molecule has 1 saturated carbocycles. The van der Waals surface area contributed by atoms with Crippen molar-refractivity contribution in [3.8, 4) is 0 Å². The number of rotatable bonds is 7. The van der Waals surface area contributed by atoms with Crippen LogP contribution in [0.4, 0.5) is 4.79 Å². The van der Waals surface area contributed by atoms with Crippen molar-refractivity contribution in [2.24, 2.45) is 28.2 Å². The number of carbonyl (C=O) groups excluding carboxylic acids is 3. The quantitative estimate of drug-likeness (QED) is 0.400. The lowest BCUT2D eigenvalue weighted by Gasteiger charge is -2.69. The lowest BCUT2D eigenvalue weighted by molar-refractivity contribution is -0.966. The number of hydrogen-bond acceptors (Lipinski definition) is 6. The molecule has 3 rings (SSSR count). The molecule has 2 aliphatic heterocycles. The molecule has 2 saturated heterocycles. The summed E-state index contributed by atoms with van der Waals surface area (Å²) in [5, 5.41) is 24.2. The summed E-state index contributed by atoms with van der Waals surface area (Å²) in [5.41, 5.74) is 6.27. The smallest absolute Gasteiger partial charge is 0.310 e. The van der Waals surface area contributed by atoms with Gasteiger partial charge in [0.1, 0.15) is 11.1 Å². The van der Waals surface area contributed by atoms with Crippen LogP contribution in [0.1, 0.15) is 113 Å². The third-order valence-electron chi connectivity index (χ3n) is 11.4. The first-order chi connectivity index (χ1) is 18.0. The molecule has 0 aromatic rings. The minimum atomic E-state index is -1.41. The Hall–Kier alpha value is -2.20. The van der Waals surface area contributed by atoms with Crippen LogP contribution in [0.2, 0.25) is 0 Å². The predicted octanol–water partition coefficient (Wildman–Crippen LogP) is 2.76. The van der Waals surface area contributed by atoms with Gasteiger partial charge in [-0.1, -0.05) is 19.3 Å². The molecule has 10 nitrogen and oxygen atoms in total. The summed E-state index contributed by atoms with van der Waals surface area (Å²) in [5.74, 6) is -2.04. The third kappa shape index (κ3) is 4.72. The van der Waals surface area contributed by atoms with E-state index in [0.717, 1.165) is 32.1 Å². The summed E-state index contributed by atoms with van der Waals surface area (Å²) in [7, 11) is 0. The van der Waals surface area contributed by atoms with Crippen molar-refractivity contribution in [2.75, 3.05) is 13.1 Å². The molecule has 0 bridgehead atoms. The summed E-state index contributed by atoms with van der Waals surface area (Å²) in [6.07, 6.45) is 4.46. The van der Waals surface area contributed by atoms with Crippen molar-refractivity contribution in [3.05, 3.63) is 0 Å². The maximum absolute atomic E-state index is 13.8. The van der Waals surface area contributed by atoms with E-state index in [9.17, 15) is 29.4 Å². The van der Waals surface area contributed by atoms with Crippen molar-refractivity contribution < 1.29 is 33.9 Å². The van der Waals surface area contributed by atoms with Gasteiger partial charge in [0.25, 0.3) is 12.0 Å². The van der Waals surface area contributed by atoms with E-state index >= 15 is 0 Å². The molecular weight excluding hydrogens is 512 g/mol. The average molecular weight is 565 g/mol. The SMILES string of the molecule is CC1(C)CC(C2(C3(C(=O)O)CC(C)(C)[N+](CC(N)=O)(C(=O)[O-])C(C)(C)C3)CCCCC2)CC(C)(C)N1CC(N)=O. The zero-order valence-electron chi connectivity index (χ0n) is 25.9. The number of hydrogen-bond donors (Lipinski definition) is 3. The van der Waals surface area contributed by atoms with E-state index in [2.05, 4.69) is 32.6 Å². The van der Waals surface area contributed by atoms with Crippen LogP contribution in [-0.4, -0.2) is 73.6 Å². The summed E-state index contributed by atoms with van der Waals surface area (Å²) in [6, 6.07) is 0. The summed E-state index contributed by atoms with van der Waals surface area (Å²) in [6.45, 7) is 15.1. The van der Waals surface area contributed by atoms with E-state index in [1.54, 1.807) is 27.7 Å². The topological polar surface area (TPSA) is 167 Å². The second-order valence-corrected chi connectivity index (χ2v) is 15.6. The van der Waals surface area contributed by atoms with Crippen LogP contribution in [0, 0.1) is 16.7 Å². The van der Waals surface area contributed by atoms with Gasteiger partial charge in [0.15, 0.2) is 6.54 Å². The molecule has 0 aromatic carbocycles. The highest BCUT2D eigenvalue weighted by Crippen LogP contribution is 2.68. The molecular formula is C30H52N4O6. The zero-order chi connectivity index (χ0) is 30.7. The highest BCUT2D eigenvalue weighted by atomic mass is 16.4. The number of aliphatic carboxylic acids is 1. The number of carbonyl (C=O) groups is 4. The van der Waals surface area contributed by atoms with E-state index in [0.29, 0.717) is 12.8 Å². The van der Waals surface area contributed by atoms with Gasteiger partial charge >= 0.3 is 5.97 Å². The Labute approximate surface area is 239 Å². The Bertz CT molecular complexity index is 1020. The molecule has 228 valence electrons. The molecule has 0 aromatic heterocycles. The van der Waals surface area contributed by atoms with Crippen LogP contribution in [0.3, 0.4) is 0 Å². The van der Waals surface area contributed by atoms with E-state index in [-0.39, 0.29) is 25.3 Å². The molecule has 0 radical (unpaired) electrons. The summed E-state index contributed by atoms with van der Waals surface area (Å²) >= 11 is 0. The van der Waals surface area contributed by atoms with Crippen molar-refractivity contribution in [1.82, 2.24) is 4.90 Å². The number of likely N-dealkylation sites (tertiary alicyclic amines) is 2. The lowest BCUT2D eigenvalue weighted by Crippen LogP contribution is -2.83. The van der Waals surface area contributed by atoms with Crippen LogP contribution in [-0.2, 0) is 14.4 Å². The number of carboxylic acids is 1. The van der Waals surface area contributed by atoms with E-state index < -0.39 is 67.9 Å². The van der Waals surface area contributed by atoms with Gasteiger partial charge in [-0.3, -0.25) is 23.8 Å². The number of piperidine rings is 2. The Morgan fingerprint density at radius 2 is 1.27 bits per heavy atom. The number of amides is 3. The Balaban J connectivity index is 2.26.